The number of hydrogen-bond acceptors (Lipinski definition) is 5. The SMILES string of the molecule is c1ccc(N2c3cccc4c3P3c5c2cc2c(oc6cc7ccccc7cc62)c5N(c2ccccc2)c2c3c(cc3c2oc2cc5ccccc5cc23)N4c2ccccc2)cc1. The normalized spacial score (nSPS) is 14.0. The minimum absolute atomic E-state index is 0.876. The molecule has 6 heteroatoms. The average molecular weight is 810 g/mol. The van der Waals surface area contributed by atoms with E-state index >= 15 is 0 Å². The van der Waals surface area contributed by atoms with Gasteiger partial charge in [0, 0.05) is 62.4 Å². The first kappa shape index (κ1) is 32.9. The lowest BCUT2D eigenvalue weighted by atomic mass is 10.0. The van der Waals surface area contributed by atoms with Crippen molar-refractivity contribution in [1.29, 1.82) is 0 Å². The molecule has 0 N–H and O–H groups in total. The topological polar surface area (TPSA) is 36.0 Å². The van der Waals surface area contributed by atoms with E-state index in [0.717, 1.165) is 83.1 Å². The maximum atomic E-state index is 7.29. The first-order chi connectivity index (χ1) is 30.8. The third-order valence-electron chi connectivity index (χ3n) is 13.2. The van der Waals surface area contributed by atoms with Gasteiger partial charge in [-0.05, 0) is 106 Å². The van der Waals surface area contributed by atoms with Crippen molar-refractivity contribution in [3.05, 3.63) is 194 Å². The quantitative estimate of drug-likeness (QED) is 0.166. The second kappa shape index (κ2) is 11.9. The van der Waals surface area contributed by atoms with Crippen molar-refractivity contribution in [2.75, 3.05) is 14.7 Å². The van der Waals surface area contributed by atoms with Crippen LogP contribution in [0.15, 0.2) is 203 Å². The molecule has 62 heavy (non-hydrogen) atoms. The zero-order valence-corrected chi connectivity index (χ0v) is 34.0. The zero-order valence-electron chi connectivity index (χ0n) is 33.1. The van der Waals surface area contributed by atoms with E-state index in [4.69, 9.17) is 8.83 Å². The van der Waals surface area contributed by atoms with Crippen molar-refractivity contribution in [3.63, 3.8) is 0 Å². The van der Waals surface area contributed by atoms with Crippen LogP contribution in [0.3, 0.4) is 0 Å². The standard InChI is InChI=1S/C56H32N3O2P/c1-4-19-37(20-5-1)57-44-25-14-26-45-54(44)62-55-46(57)31-42-40-27-33-15-10-12-17-35(33)29-48(40)60-52(42)50(55)59(39-23-8-3-9-24-39)51-53-43(32-47(56(51)62)58(45)38-21-6-2-7-22-38)41-28-34-16-11-13-18-36(34)30-49(41)61-53/h1-32H. The summed E-state index contributed by atoms with van der Waals surface area (Å²) in [5.41, 5.74) is 13.7. The van der Waals surface area contributed by atoms with Crippen molar-refractivity contribution in [2.45, 2.75) is 0 Å². The number of rotatable bonds is 3. The van der Waals surface area contributed by atoms with Gasteiger partial charge in [0.25, 0.3) is 0 Å². The highest BCUT2D eigenvalue weighted by Gasteiger charge is 2.50. The number of benzene rings is 10. The third kappa shape index (κ3) is 4.20. The fourth-order valence-electron chi connectivity index (χ4n) is 10.7. The van der Waals surface area contributed by atoms with Crippen molar-refractivity contribution in [2.24, 2.45) is 0 Å². The Hall–Kier alpha value is -7.85. The summed E-state index contributed by atoms with van der Waals surface area (Å²) in [4.78, 5) is 7.49. The van der Waals surface area contributed by atoms with E-state index in [9.17, 15) is 0 Å². The number of fused-ring (bicyclic) bond motifs is 10. The van der Waals surface area contributed by atoms with Crippen LogP contribution in [-0.4, -0.2) is 0 Å². The van der Waals surface area contributed by atoms with Crippen LogP contribution in [0, 0.1) is 0 Å². The molecule has 0 bridgehead atoms. The predicted octanol–water partition coefficient (Wildman–Crippen LogP) is 14.9. The van der Waals surface area contributed by atoms with Crippen molar-refractivity contribution in [1.82, 2.24) is 0 Å². The van der Waals surface area contributed by atoms with E-state index in [-0.39, 0.29) is 0 Å². The lowest BCUT2D eigenvalue weighted by molar-refractivity contribution is 0.667. The molecular formula is C56H32N3O2P. The molecule has 3 aliphatic heterocycles. The van der Waals surface area contributed by atoms with Gasteiger partial charge in [-0.1, -0.05) is 109 Å². The lowest BCUT2D eigenvalue weighted by Crippen LogP contribution is -2.45. The van der Waals surface area contributed by atoms with E-state index in [2.05, 4.69) is 209 Å². The Kier molecular flexibility index (Phi) is 6.33. The maximum Gasteiger partial charge on any atom is 0.160 e. The summed E-state index contributed by atoms with van der Waals surface area (Å²) in [5, 5.41) is 13.0. The minimum atomic E-state index is -1.17. The molecule has 10 aromatic carbocycles. The first-order valence-corrected chi connectivity index (χ1v) is 22.4. The van der Waals surface area contributed by atoms with Gasteiger partial charge in [0.05, 0.1) is 22.7 Å². The summed E-state index contributed by atoms with van der Waals surface area (Å²) in [6, 6.07) is 70.5. The number of anilines is 9. The molecule has 0 fully saturated rings. The lowest BCUT2D eigenvalue weighted by Gasteiger charge is -2.49. The molecule has 3 aliphatic rings. The van der Waals surface area contributed by atoms with E-state index < -0.39 is 7.92 Å². The van der Waals surface area contributed by atoms with Gasteiger partial charge < -0.3 is 23.5 Å². The number of para-hydroxylation sites is 3. The fourth-order valence-corrected chi connectivity index (χ4v) is 13.8. The third-order valence-corrected chi connectivity index (χ3v) is 15.9. The van der Waals surface area contributed by atoms with Crippen LogP contribution < -0.4 is 30.6 Å². The largest absolute Gasteiger partial charge is 0.454 e. The Morgan fingerprint density at radius 1 is 0.306 bits per heavy atom. The molecule has 5 heterocycles. The highest BCUT2D eigenvalue weighted by molar-refractivity contribution is 7.82. The Labute approximate surface area is 356 Å². The van der Waals surface area contributed by atoms with Crippen LogP contribution in [0.1, 0.15) is 0 Å². The monoisotopic (exact) mass is 809 g/mol. The number of hydrogen-bond donors (Lipinski definition) is 0. The van der Waals surface area contributed by atoms with Gasteiger partial charge >= 0.3 is 0 Å². The summed E-state index contributed by atoms with van der Waals surface area (Å²) in [7, 11) is -1.17. The second-order valence-corrected chi connectivity index (χ2v) is 18.5. The highest BCUT2D eigenvalue weighted by Crippen LogP contribution is 2.65. The van der Waals surface area contributed by atoms with Gasteiger partial charge in [-0.3, -0.25) is 0 Å². The van der Waals surface area contributed by atoms with Crippen molar-refractivity contribution < 1.29 is 8.83 Å². The molecule has 5 nitrogen and oxygen atoms in total. The maximum absolute atomic E-state index is 7.29. The summed E-state index contributed by atoms with van der Waals surface area (Å²) in [6.45, 7) is 0. The Balaban J connectivity index is 1.19. The summed E-state index contributed by atoms with van der Waals surface area (Å²) >= 11 is 0. The molecule has 0 atom stereocenters. The molecule has 15 rings (SSSR count). The molecule has 2 aromatic heterocycles. The average Bonchev–Trinajstić information content (AvgIpc) is 3.87. The summed E-state index contributed by atoms with van der Waals surface area (Å²) < 4.78 is 14.6. The van der Waals surface area contributed by atoms with E-state index in [1.165, 1.54) is 49.4 Å². The predicted molar refractivity (Wildman–Crippen MR) is 259 cm³/mol. The minimum Gasteiger partial charge on any atom is -0.454 e. The van der Waals surface area contributed by atoms with Crippen LogP contribution in [0.2, 0.25) is 0 Å². The van der Waals surface area contributed by atoms with Gasteiger partial charge in [0.1, 0.15) is 22.5 Å². The molecule has 288 valence electrons. The zero-order chi connectivity index (χ0) is 40.2. The van der Waals surface area contributed by atoms with Crippen LogP contribution in [-0.2, 0) is 0 Å². The molecule has 0 saturated carbocycles. The Bertz CT molecular complexity index is 3670. The molecule has 0 saturated heterocycles. The van der Waals surface area contributed by atoms with E-state index in [1.807, 2.05) is 0 Å². The van der Waals surface area contributed by atoms with Gasteiger partial charge in [-0.2, -0.15) is 0 Å². The Morgan fingerprint density at radius 2 is 0.694 bits per heavy atom. The molecule has 0 amide bonds. The second-order valence-electron chi connectivity index (χ2n) is 16.5. The molecule has 0 unspecified atom stereocenters. The van der Waals surface area contributed by atoms with Crippen molar-refractivity contribution in [3.8, 4) is 0 Å². The number of furan rings is 2. The van der Waals surface area contributed by atoms with E-state index in [0.29, 0.717) is 0 Å². The summed E-state index contributed by atoms with van der Waals surface area (Å²) in [6.07, 6.45) is 0. The van der Waals surface area contributed by atoms with Gasteiger partial charge in [-0.25, -0.2) is 0 Å². The Morgan fingerprint density at radius 3 is 1.13 bits per heavy atom. The van der Waals surface area contributed by atoms with Gasteiger partial charge in [-0.15, -0.1) is 0 Å². The molecule has 12 aromatic rings. The molecule has 0 aliphatic carbocycles. The highest BCUT2D eigenvalue weighted by atomic mass is 31.1. The molecular weight excluding hydrogens is 778 g/mol. The van der Waals surface area contributed by atoms with Gasteiger partial charge in [0.2, 0.25) is 0 Å². The molecule has 0 radical (unpaired) electrons. The van der Waals surface area contributed by atoms with Crippen LogP contribution in [0.4, 0.5) is 51.2 Å². The van der Waals surface area contributed by atoms with E-state index in [1.54, 1.807) is 0 Å². The fraction of sp³-hybridized carbons (Fsp3) is 0. The van der Waals surface area contributed by atoms with Gasteiger partial charge in [0.15, 0.2) is 11.2 Å². The smallest absolute Gasteiger partial charge is 0.160 e. The first-order valence-electron chi connectivity index (χ1n) is 21.1. The summed E-state index contributed by atoms with van der Waals surface area (Å²) in [5.74, 6) is 0. The van der Waals surface area contributed by atoms with Crippen LogP contribution in [0.5, 0.6) is 0 Å². The molecule has 0 spiro atoms. The van der Waals surface area contributed by atoms with Crippen LogP contribution in [0.25, 0.3) is 65.4 Å². The van der Waals surface area contributed by atoms with Crippen molar-refractivity contribution >= 4 is 140 Å². The number of nitrogens with zero attached hydrogens (tertiary/aromatic N) is 3. The van der Waals surface area contributed by atoms with Crippen LogP contribution >= 0.6 is 7.92 Å².